The average molecular weight is 242 g/mol. The van der Waals surface area contributed by atoms with Crippen LogP contribution in [0.2, 0.25) is 0 Å². The van der Waals surface area contributed by atoms with E-state index in [1.807, 2.05) is 0 Å². The van der Waals surface area contributed by atoms with Crippen LogP contribution in [0, 0.1) is 5.92 Å². The van der Waals surface area contributed by atoms with Gasteiger partial charge in [0.25, 0.3) is 0 Å². The minimum Gasteiger partial charge on any atom is -0.376 e. The summed E-state index contributed by atoms with van der Waals surface area (Å²) in [7, 11) is 2.08. The van der Waals surface area contributed by atoms with Gasteiger partial charge in [0.05, 0.1) is 12.7 Å². The van der Waals surface area contributed by atoms with Crippen molar-refractivity contribution in [1.82, 2.24) is 10.2 Å². The molecule has 0 bridgehead atoms. The van der Waals surface area contributed by atoms with Crippen molar-refractivity contribution in [2.45, 2.75) is 58.7 Å². The van der Waals surface area contributed by atoms with Gasteiger partial charge in [-0.3, -0.25) is 4.90 Å². The van der Waals surface area contributed by atoms with Crippen molar-refractivity contribution in [3.05, 3.63) is 0 Å². The Bertz CT molecular complexity index is 210. The zero-order valence-corrected chi connectivity index (χ0v) is 12.2. The van der Waals surface area contributed by atoms with Crippen LogP contribution in [0.15, 0.2) is 0 Å². The highest BCUT2D eigenvalue weighted by atomic mass is 16.5. The van der Waals surface area contributed by atoms with E-state index in [0.717, 1.165) is 25.6 Å². The van der Waals surface area contributed by atoms with E-state index in [1.165, 1.54) is 12.8 Å². The van der Waals surface area contributed by atoms with Gasteiger partial charge in [-0.05, 0) is 26.3 Å². The van der Waals surface area contributed by atoms with Crippen LogP contribution in [0.3, 0.4) is 0 Å². The molecule has 0 saturated carbocycles. The Kier molecular flexibility index (Phi) is 6.45. The summed E-state index contributed by atoms with van der Waals surface area (Å²) in [5.74, 6) is 0.732. The number of rotatable bonds is 6. The summed E-state index contributed by atoms with van der Waals surface area (Å²) in [6.07, 6.45) is 2.80. The van der Waals surface area contributed by atoms with Crippen molar-refractivity contribution >= 4 is 0 Å². The fourth-order valence-corrected chi connectivity index (χ4v) is 2.61. The lowest BCUT2D eigenvalue weighted by Gasteiger charge is -2.41. The summed E-state index contributed by atoms with van der Waals surface area (Å²) in [6.45, 7) is 12.2. The summed E-state index contributed by atoms with van der Waals surface area (Å²) >= 11 is 0. The zero-order chi connectivity index (χ0) is 12.8. The molecule has 0 spiro atoms. The third-order valence-corrected chi connectivity index (χ3v) is 4.19. The molecule has 0 aromatic rings. The Hall–Kier alpha value is -0.120. The molecule has 3 nitrogen and oxygen atoms in total. The summed E-state index contributed by atoms with van der Waals surface area (Å²) in [5.41, 5.74) is 0. The summed E-state index contributed by atoms with van der Waals surface area (Å²) in [6, 6.07) is 1.20. The number of ether oxygens (including phenoxy) is 1. The fraction of sp³-hybridized carbons (Fsp3) is 1.00. The van der Waals surface area contributed by atoms with E-state index in [4.69, 9.17) is 4.74 Å². The lowest BCUT2D eigenvalue weighted by Crippen LogP contribution is -2.54. The molecule has 1 rings (SSSR count). The molecular weight excluding hydrogens is 212 g/mol. The monoisotopic (exact) mass is 242 g/mol. The van der Waals surface area contributed by atoms with Gasteiger partial charge in [0.15, 0.2) is 0 Å². The third kappa shape index (κ3) is 4.23. The molecule has 1 aliphatic rings. The molecular formula is C14H30N2O. The maximum absolute atomic E-state index is 5.75. The Morgan fingerprint density at radius 1 is 1.41 bits per heavy atom. The highest BCUT2D eigenvalue weighted by Gasteiger charge is 2.28. The molecule has 102 valence electrons. The molecule has 4 atom stereocenters. The van der Waals surface area contributed by atoms with Crippen molar-refractivity contribution < 1.29 is 4.74 Å². The molecule has 0 aliphatic carbocycles. The van der Waals surface area contributed by atoms with Crippen LogP contribution in [0.5, 0.6) is 0 Å². The predicted molar refractivity (Wildman–Crippen MR) is 73.4 cm³/mol. The Balaban J connectivity index is 2.55. The summed E-state index contributed by atoms with van der Waals surface area (Å²) < 4.78 is 5.75. The van der Waals surface area contributed by atoms with Crippen LogP contribution in [0.25, 0.3) is 0 Å². The van der Waals surface area contributed by atoms with Gasteiger partial charge >= 0.3 is 0 Å². The second-order valence-electron chi connectivity index (χ2n) is 5.44. The van der Waals surface area contributed by atoms with E-state index in [-0.39, 0.29) is 0 Å². The Morgan fingerprint density at radius 2 is 2.12 bits per heavy atom. The first-order valence-corrected chi connectivity index (χ1v) is 7.15. The SMILES string of the molecule is CCC(C)C(CN1CC(C)OCC1CC)NC. The van der Waals surface area contributed by atoms with Crippen molar-refractivity contribution in [3.8, 4) is 0 Å². The quantitative estimate of drug-likeness (QED) is 0.772. The molecule has 1 saturated heterocycles. The second kappa shape index (κ2) is 7.34. The highest BCUT2D eigenvalue weighted by Crippen LogP contribution is 2.17. The van der Waals surface area contributed by atoms with Gasteiger partial charge in [0.1, 0.15) is 0 Å². The summed E-state index contributed by atoms with van der Waals surface area (Å²) in [4.78, 5) is 2.61. The van der Waals surface area contributed by atoms with Crippen LogP contribution >= 0.6 is 0 Å². The topological polar surface area (TPSA) is 24.5 Å². The van der Waals surface area contributed by atoms with E-state index in [2.05, 4.69) is 45.0 Å². The van der Waals surface area contributed by atoms with Crippen LogP contribution in [0.4, 0.5) is 0 Å². The fourth-order valence-electron chi connectivity index (χ4n) is 2.61. The molecule has 0 aromatic heterocycles. The standard InChI is InChI=1S/C14H30N2O/c1-6-11(3)14(15-5)9-16-8-12(4)17-10-13(16)7-2/h11-15H,6-10H2,1-5H3. The van der Waals surface area contributed by atoms with Crippen LogP contribution in [-0.4, -0.2) is 49.8 Å². The minimum absolute atomic E-state index is 0.382. The van der Waals surface area contributed by atoms with Crippen molar-refractivity contribution in [2.24, 2.45) is 5.92 Å². The number of nitrogens with zero attached hydrogens (tertiary/aromatic N) is 1. The van der Waals surface area contributed by atoms with Crippen LogP contribution in [-0.2, 0) is 4.74 Å². The van der Waals surface area contributed by atoms with Crippen molar-refractivity contribution in [3.63, 3.8) is 0 Å². The van der Waals surface area contributed by atoms with Crippen molar-refractivity contribution in [1.29, 1.82) is 0 Å². The molecule has 0 amide bonds. The normalized spacial score (nSPS) is 30.2. The first-order valence-electron chi connectivity index (χ1n) is 7.15. The lowest BCUT2D eigenvalue weighted by molar-refractivity contribution is -0.0599. The first kappa shape index (κ1) is 14.9. The molecule has 17 heavy (non-hydrogen) atoms. The van der Waals surface area contributed by atoms with E-state index >= 15 is 0 Å². The average Bonchev–Trinajstić information content (AvgIpc) is 2.35. The Morgan fingerprint density at radius 3 is 2.65 bits per heavy atom. The van der Waals surface area contributed by atoms with Gasteiger partial charge in [-0.15, -0.1) is 0 Å². The molecule has 0 radical (unpaired) electrons. The Labute approximate surface area is 107 Å². The summed E-state index contributed by atoms with van der Waals surface area (Å²) in [5, 5.41) is 3.48. The van der Waals surface area contributed by atoms with Gasteiger partial charge in [-0.2, -0.15) is 0 Å². The predicted octanol–water partition coefficient (Wildman–Crippen LogP) is 2.12. The maximum Gasteiger partial charge on any atom is 0.0674 e. The van der Waals surface area contributed by atoms with Gasteiger partial charge in [-0.1, -0.05) is 27.2 Å². The lowest BCUT2D eigenvalue weighted by atomic mass is 9.97. The number of morpholine rings is 1. The van der Waals surface area contributed by atoms with E-state index < -0.39 is 0 Å². The maximum atomic E-state index is 5.75. The number of hydrogen-bond donors (Lipinski definition) is 1. The molecule has 1 N–H and O–H groups in total. The van der Waals surface area contributed by atoms with E-state index in [1.54, 1.807) is 0 Å². The van der Waals surface area contributed by atoms with Crippen molar-refractivity contribution in [2.75, 3.05) is 26.7 Å². The van der Waals surface area contributed by atoms with Gasteiger partial charge in [0.2, 0.25) is 0 Å². The number of likely N-dealkylation sites (N-methyl/N-ethyl adjacent to an activating group) is 1. The zero-order valence-electron chi connectivity index (χ0n) is 12.2. The third-order valence-electron chi connectivity index (χ3n) is 4.19. The molecule has 3 heteroatoms. The van der Waals surface area contributed by atoms with Gasteiger partial charge in [0, 0.05) is 25.2 Å². The first-order chi connectivity index (χ1) is 8.12. The van der Waals surface area contributed by atoms with Gasteiger partial charge < -0.3 is 10.1 Å². The number of nitrogens with one attached hydrogen (secondary N) is 1. The van der Waals surface area contributed by atoms with Gasteiger partial charge in [-0.25, -0.2) is 0 Å². The minimum atomic E-state index is 0.382. The smallest absolute Gasteiger partial charge is 0.0674 e. The molecule has 1 heterocycles. The van der Waals surface area contributed by atoms with E-state index in [0.29, 0.717) is 18.2 Å². The van der Waals surface area contributed by atoms with Crippen LogP contribution < -0.4 is 5.32 Å². The number of hydrogen-bond acceptors (Lipinski definition) is 3. The second-order valence-corrected chi connectivity index (χ2v) is 5.44. The highest BCUT2D eigenvalue weighted by molar-refractivity contribution is 4.83. The largest absolute Gasteiger partial charge is 0.376 e. The molecule has 1 aliphatic heterocycles. The molecule has 0 aromatic carbocycles. The molecule has 4 unspecified atom stereocenters. The molecule has 1 fully saturated rings. The van der Waals surface area contributed by atoms with E-state index in [9.17, 15) is 0 Å². The van der Waals surface area contributed by atoms with Crippen LogP contribution in [0.1, 0.15) is 40.5 Å².